The molecule has 4 rings (SSSR count). The lowest BCUT2D eigenvalue weighted by atomic mass is 10.1. The van der Waals surface area contributed by atoms with Gasteiger partial charge in [0, 0.05) is 12.1 Å². The van der Waals surface area contributed by atoms with Crippen molar-refractivity contribution in [1.29, 1.82) is 0 Å². The first kappa shape index (κ1) is 13.0. The predicted molar refractivity (Wildman–Crippen MR) is 85.5 cm³/mol. The molecule has 7 heteroatoms. The summed E-state index contributed by atoms with van der Waals surface area (Å²) in [5.74, 6) is 0.773. The van der Waals surface area contributed by atoms with Crippen molar-refractivity contribution in [3.8, 4) is 5.75 Å². The Morgan fingerprint density at radius 2 is 2.27 bits per heavy atom. The number of methoxy groups -OCH3 is 1. The number of hydrogen-bond acceptors (Lipinski definition) is 4. The summed E-state index contributed by atoms with van der Waals surface area (Å²) in [5, 5.41) is 4.89. The fourth-order valence-electron chi connectivity index (χ4n) is 2.72. The summed E-state index contributed by atoms with van der Waals surface area (Å²) in [4.78, 5) is 14.7. The van der Waals surface area contributed by atoms with Gasteiger partial charge in [-0.2, -0.15) is 5.10 Å². The Labute approximate surface area is 130 Å². The molecule has 0 atom stereocenters. The molecule has 0 aliphatic carbocycles. The van der Waals surface area contributed by atoms with Crippen LogP contribution in [-0.2, 0) is 6.54 Å². The summed E-state index contributed by atoms with van der Waals surface area (Å²) >= 11 is 5.24. The number of hydrogen-bond donors (Lipinski definition) is 1. The average molecular weight is 312 g/mol. The Balaban J connectivity index is 1.99. The Bertz CT molecular complexity index is 1040. The predicted octanol–water partition coefficient (Wildman–Crippen LogP) is 2.17. The Hall–Kier alpha value is -2.67. The Morgan fingerprint density at radius 1 is 1.41 bits per heavy atom. The van der Waals surface area contributed by atoms with Crippen LogP contribution in [0.4, 0.5) is 0 Å². The molecule has 0 saturated carbocycles. The second kappa shape index (κ2) is 4.67. The van der Waals surface area contributed by atoms with E-state index in [9.17, 15) is 4.79 Å². The van der Waals surface area contributed by atoms with E-state index in [0.717, 1.165) is 17.0 Å². The van der Waals surface area contributed by atoms with Crippen molar-refractivity contribution >= 4 is 28.9 Å². The lowest BCUT2D eigenvalue weighted by Crippen LogP contribution is -2.19. The largest absolute Gasteiger partial charge is 0.497 e. The van der Waals surface area contributed by atoms with Crippen LogP contribution in [0.15, 0.2) is 41.3 Å². The first-order valence-electron chi connectivity index (χ1n) is 6.75. The molecule has 2 aromatic heterocycles. The molecule has 22 heavy (non-hydrogen) atoms. The molecule has 6 nitrogen and oxygen atoms in total. The van der Waals surface area contributed by atoms with E-state index in [2.05, 4.69) is 10.1 Å². The normalized spacial score (nSPS) is 13.2. The van der Waals surface area contributed by atoms with E-state index in [4.69, 9.17) is 17.0 Å². The van der Waals surface area contributed by atoms with E-state index in [1.54, 1.807) is 18.0 Å². The van der Waals surface area contributed by atoms with Gasteiger partial charge in [0.1, 0.15) is 11.1 Å². The number of aromatic nitrogens is 4. The second-order valence-electron chi connectivity index (χ2n) is 4.98. The highest BCUT2D eigenvalue weighted by molar-refractivity contribution is 7.71. The summed E-state index contributed by atoms with van der Waals surface area (Å²) in [6.45, 7) is 0.588. The van der Waals surface area contributed by atoms with Crippen LogP contribution in [0, 0.1) is 4.77 Å². The van der Waals surface area contributed by atoms with Gasteiger partial charge in [-0.05, 0) is 30.4 Å². The van der Waals surface area contributed by atoms with Crippen LogP contribution < -0.4 is 10.3 Å². The molecule has 1 aliphatic heterocycles. The van der Waals surface area contributed by atoms with Gasteiger partial charge in [-0.1, -0.05) is 12.1 Å². The van der Waals surface area contributed by atoms with Crippen molar-refractivity contribution in [1.82, 2.24) is 19.3 Å². The van der Waals surface area contributed by atoms with Gasteiger partial charge in [0.25, 0.3) is 5.56 Å². The van der Waals surface area contributed by atoms with Gasteiger partial charge in [-0.25, -0.2) is 4.68 Å². The molecule has 0 saturated heterocycles. The molecule has 0 spiro atoms. The van der Waals surface area contributed by atoms with Crippen molar-refractivity contribution in [2.75, 3.05) is 7.11 Å². The van der Waals surface area contributed by atoms with Gasteiger partial charge in [0.2, 0.25) is 0 Å². The zero-order valence-corrected chi connectivity index (χ0v) is 12.6. The maximum absolute atomic E-state index is 12.0. The van der Waals surface area contributed by atoms with E-state index in [-0.39, 0.29) is 5.56 Å². The molecule has 0 unspecified atom stereocenters. The quantitative estimate of drug-likeness (QED) is 0.737. The second-order valence-corrected chi connectivity index (χ2v) is 5.37. The molecule has 0 bridgehead atoms. The molecule has 110 valence electrons. The molecule has 1 aromatic carbocycles. The minimum atomic E-state index is -0.214. The number of rotatable bonds is 2. The lowest BCUT2D eigenvalue weighted by molar-refractivity contribution is 0.414. The van der Waals surface area contributed by atoms with Crippen molar-refractivity contribution in [3.05, 3.63) is 57.2 Å². The molecule has 3 heterocycles. The maximum Gasteiger partial charge on any atom is 0.262 e. The molecule has 1 N–H and O–H groups in total. The van der Waals surface area contributed by atoms with Crippen LogP contribution in [0.2, 0.25) is 0 Å². The van der Waals surface area contributed by atoms with Crippen molar-refractivity contribution in [2.45, 2.75) is 6.54 Å². The van der Waals surface area contributed by atoms with Gasteiger partial charge in [-0.3, -0.25) is 14.3 Å². The summed E-state index contributed by atoms with van der Waals surface area (Å²) in [6.07, 6.45) is 3.60. The third-order valence-corrected chi connectivity index (χ3v) is 4.09. The number of ether oxygens (including phenoxy) is 1. The van der Waals surface area contributed by atoms with Crippen LogP contribution >= 0.6 is 12.2 Å². The zero-order chi connectivity index (χ0) is 15.3. The van der Waals surface area contributed by atoms with E-state index in [1.165, 1.54) is 0 Å². The fourth-order valence-corrected chi connectivity index (χ4v) is 2.98. The highest BCUT2D eigenvalue weighted by atomic mass is 32.1. The molecule has 0 radical (unpaired) electrons. The number of aromatic amines is 1. The van der Waals surface area contributed by atoms with Crippen molar-refractivity contribution in [3.63, 3.8) is 0 Å². The van der Waals surface area contributed by atoms with Gasteiger partial charge >= 0.3 is 0 Å². The number of benzene rings is 1. The molecule has 3 aromatic rings. The van der Waals surface area contributed by atoms with Gasteiger partial charge in [-0.15, -0.1) is 0 Å². The zero-order valence-electron chi connectivity index (χ0n) is 11.7. The van der Waals surface area contributed by atoms with Crippen molar-refractivity contribution < 1.29 is 4.74 Å². The monoisotopic (exact) mass is 312 g/mol. The first-order chi connectivity index (χ1) is 10.7. The van der Waals surface area contributed by atoms with Crippen LogP contribution in [0.5, 0.6) is 5.75 Å². The summed E-state index contributed by atoms with van der Waals surface area (Å²) < 4.78 is 9.29. The Kier molecular flexibility index (Phi) is 2.77. The smallest absolute Gasteiger partial charge is 0.262 e. The minimum Gasteiger partial charge on any atom is -0.497 e. The lowest BCUT2D eigenvalue weighted by Gasteiger charge is -2.18. The number of nitrogens with zero attached hydrogens (tertiary/aromatic N) is 3. The van der Waals surface area contributed by atoms with Crippen LogP contribution in [0.1, 0.15) is 5.56 Å². The topological polar surface area (TPSA) is 64.8 Å². The minimum absolute atomic E-state index is 0.214. The summed E-state index contributed by atoms with van der Waals surface area (Å²) in [5.41, 5.74) is 2.39. The SMILES string of the molecule is COc1cccc(C2=CCn3c(=S)[nH]c(=O)c4cnn2c43)c1. The van der Waals surface area contributed by atoms with E-state index in [1.807, 2.05) is 34.9 Å². The summed E-state index contributed by atoms with van der Waals surface area (Å²) in [7, 11) is 1.63. The van der Waals surface area contributed by atoms with Crippen LogP contribution in [0.3, 0.4) is 0 Å². The highest BCUT2D eigenvalue weighted by Crippen LogP contribution is 2.27. The van der Waals surface area contributed by atoms with E-state index in [0.29, 0.717) is 22.3 Å². The van der Waals surface area contributed by atoms with Crippen LogP contribution in [-0.4, -0.2) is 26.4 Å². The summed E-state index contributed by atoms with van der Waals surface area (Å²) in [6, 6.07) is 7.74. The molecular weight excluding hydrogens is 300 g/mol. The van der Waals surface area contributed by atoms with Gasteiger partial charge < -0.3 is 4.74 Å². The fraction of sp³-hybridized carbons (Fsp3) is 0.133. The number of nitrogens with one attached hydrogen (secondary N) is 1. The van der Waals surface area contributed by atoms with Crippen molar-refractivity contribution in [2.24, 2.45) is 0 Å². The Morgan fingerprint density at radius 3 is 3.09 bits per heavy atom. The van der Waals surface area contributed by atoms with Crippen LogP contribution in [0.25, 0.3) is 16.7 Å². The maximum atomic E-state index is 12.0. The average Bonchev–Trinajstić information content (AvgIpc) is 2.98. The number of H-pyrrole nitrogens is 1. The molecule has 0 amide bonds. The highest BCUT2D eigenvalue weighted by Gasteiger charge is 2.19. The third-order valence-electron chi connectivity index (χ3n) is 3.77. The first-order valence-corrected chi connectivity index (χ1v) is 7.15. The number of allylic oxidation sites excluding steroid dienone is 1. The molecule has 0 fully saturated rings. The molecule has 1 aliphatic rings. The standard InChI is InChI=1S/C15H12N4O2S/c1-21-10-4-2-3-9(7-10)12-5-6-18-14-11(8-16-19(12)14)13(20)17-15(18)22/h2-5,7-8H,6H2,1H3,(H,17,20,22). The third kappa shape index (κ3) is 1.75. The van der Waals surface area contributed by atoms with Gasteiger partial charge in [0.15, 0.2) is 10.4 Å². The molecular formula is C15H12N4O2S. The van der Waals surface area contributed by atoms with E-state index >= 15 is 0 Å². The van der Waals surface area contributed by atoms with Gasteiger partial charge in [0.05, 0.1) is 19.0 Å². The van der Waals surface area contributed by atoms with E-state index < -0.39 is 0 Å².